The fourth-order valence-electron chi connectivity index (χ4n) is 2.86. The summed E-state index contributed by atoms with van der Waals surface area (Å²) >= 11 is 0. The molecule has 0 saturated carbocycles. The van der Waals surface area contributed by atoms with Crippen LogP contribution in [-0.4, -0.2) is 50.3 Å². The van der Waals surface area contributed by atoms with Crippen LogP contribution in [0.1, 0.15) is 45.1 Å². The second-order valence-electron chi connectivity index (χ2n) is 6.07. The normalized spacial score (nSPS) is 19.8. The topological polar surface area (TPSA) is 40.6 Å². The van der Waals surface area contributed by atoms with Crippen molar-refractivity contribution in [1.82, 2.24) is 9.21 Å². The quantitative estimate of drug-likeness (QED) is 0.836. The SMILES string of the molecule is CCC(C)c1ccc(S(=O)(=O)N2CCCN(CC)CC2)cc1. The Morgan fingerprint density at radius 2 is 1.73 bits per heavy atom. The van der Waals surface area contributed by atoms with Crippen LogP contribution in [0.5, 0.6) is 0 Å². The second kappa shape index (κ2) is 7.57. The molecule has 1 aromatic rings. The van der Waals surface area contributed by atoms with Crippen LogP contribution < -0.4 is 0 Å². The third-order valence-electron chi connectivity index (χ3n) is 4.69. The molecule has 0 N–H and O–H groups in total. The van der Waals surface area contributed by atoms with Crippen molar-refractivity contribution in [3.63, 3.8) is 0 Å². The van der Waals surface area contributed by atoms with Crippen LogP contribution in [0.15, 0.2) is 29.2 Å². The maximum absolute atomic E-state index is 12.8. The molecule has 124 valence electrons. The summed E-state index contributed by atoms with van der Waals surface area (Å²) in [6, 6.07) is 7.44. The van der Waals surface area contributed by atoms with Gasteiger partial charge in [-0.15, -0.1) is 0 Å². The van der Waals surface area contributed by atoms with E-state index in [9.17, 15) is 8.42 Å². The Bertz CT molecular complexity index is 569. The first-order valence-electron chi connectivity index (χ1n) is 8.31. The van der Waals surface area contributed by atoms with Gasteiger partial charge >= 0.3 is 0 Å². The molecule has 1 saturated heterocycles. The van der Waals surface area contributed by atoms with Crippen molar-refractivity contribution in [1.29, 1.82) is 0 Å². The Balaban J connectivity index is 2.15. The van der Waals surface area contributed by atoms with Gasteiger partial charge in [0.2, 0.25) is 10.0 Å². The summed E-state index contributed by atoms with van der Waals surface area (Å²) in [7, 11) is -3.36. The molecule has 1 heterocycles. The van der Waals surface area contributed by atoms with E-state index >= 15 is 0 Å². The average Bonchev–Trinajstić information content (AvgIpc) is 2.80. The summed E-state index contributed by atoms with van der Waals surface area (Å²) in [4.78, 5) is 2.73. The van der Waals surface area contributed by atoms with E-state index in [4.69, 9.17) is 0 Å². The molecule has 1 fully saturated rings. The zero-order valence-corrected chi connectivity index (χ0v) is 14.8. The number of rotatable bonds is 5. The summed E-state index contributed by atoms with van der Waals surface area (Å²) in [5.41, 5.74) is 1.20. The maximum Gasteiger partial charge on any atom is 0.243 e. The first-order chi connectivity index (χ1) is 10.5. The van der Waals surface area contributed by atoms with Crippen molar-refractivity contribution < 1.29 is 8.42 Å². The van der Waals surface area contributed by atoms with Crippen molar-refractivity contribution in [2.45, 2.75) is 44.4 Å². The Kier molecular flexibility index (Phi) is 6.01. The van der Waals surface area contributed by atoms with Crippen molar-refractivity contribution >= 4 is 10.0 Å². The van der Waals surface area contributed by atoms with Crippen molar-refractivity contribution in [2.24, 2.45) is 0 Å². The molecular weight excluding hydrogens is 296 g/mol. The molecule has 0 spiro atoms. The number of nitrogens with zero attached hydrogens (tertiary/aromatic N) is 2. The van der Waals surface area contributed by atoms with Gasteiger partial charge in [0.05, 0.1) is 4.90 Å². The van der Waals surface area contributed by atoms with E-state index in [1.54, 1.807) is 16.4 Å². The molecule has 22 heavy (non-hydrogen) atoms. The zero-order chi connectivity index (χ0) is 16.2. The van der Waals surface area contributed by atoms with Gasteiger partial charge in [0.1, 0.15) is 0 Å². The first kappa shape index (κ1) is 17.4. The van der Waals surface area contributed by atoms with Crippen LogP contribution in [0, 0.1) is 0 Å². The summed E-state index contributed by atoms with van der Waals surface area (Å²) in [5.74, 6) is 0.466. The van der Waals surface area contributed by atoms with Gasteiger partial charge < -0.3 is 4.90 Å². The highest BCUT2D eigenvalue weighted by atomic mass is 32.2. The summed E-state index contributed by atoms with van der Waals surface area (Å²) in [6.07, 6.45) is 1.96. The highest BCUT2D eigenvalue weighted by Gasteiger charge is 2.26. The molecule has 1 atom stereocenters. The van der Waals surface area contributed by atoms with E-state index in [0.717, 1.165) is 32.5 Å². The van der Waals surface area contributed by atoms with Crippen LogP contribution in [-0.2, 0) is 10.0 Å². The molecule has 0 bridgehead atoms. The van der Waals surface area contributed by atoms with E-state index in [-0.39, 0.29) is 0 Å². The average molecular weight is 324 g/mol. The van der Waals surface area contributed by atoms with Crippen LogP contribution in [0.3, 0.4) is 0 Å². The molecule has 1 aliphatic rings. The molecule has 1 aliphatic heterocycles. The third-order valence-corrected chi connectivity index (χ3v) is 6.61. The number of hydrogen-bond donors (Lipinski definition) is 0. The van der Waals surface area contributed by atoms with Gasteiger partial charge in [-0.3, -0.25) is 0 Å². The van der Waals surface area contributed by atoms with Crippen molar-refractivity contribution in [3.05, 3.63) is 29.8 Å². The Hall–Kier alpha value is -0.910. The standard InChI is InChI=1S/C17H28N2O2S/c1-4-15(3)16-7-9-17(10-8-16)22(20,21)19-12-6-11-18(5-2)13-14-19/h7-10,15H,4-6,11-14H2,1-3H3. The fourth-order valence-corrected chi connectivity index (χ4v) is 4.33. The molecule has 1 unspecified atom stereocenters. The molecule has 2 rings (SSSR count). The number of hydrogen-bond acceptors (Lipinski definition) is 3. The van der Waals surface area contributed by atoms with Gasteiger partial charge in [0.15, 0.2) is 0 Å². The molecule has 0 radical (unpaired) electrons. The van der Waals surface area contributed by atoms with Crippen LogP contribution >= 0.6 is 0 Å². The van der Waals surface area contributed by atoms with E-state index < -0.39 is 10.0 Å². The minimum Gasteiger partial charge on any atom is -0.302 e. The lowest BCUT2D eigenvalue weighted by molar-refractivity contribution is 0.302. The summed E-state index contributed by atoms with van der Waals surface area (Å²) < 4.78 is 27.2. The molecule has 1 aromatic carbocycles. The number of sulfonamides is 1. The number of likely N-dealkylation sites (N-methyl/N-ethyl adjacent to an activating group) is 1. The minimum absolute atomic E-state index is 0.421. The predicted octanol–water partition coefficient (Wildman–Crippen LogP) is 2.92. The van der Waals surface area contributed by atoms with E-state index in [1.807, 2.05) is 12.1 Å². The van der Waals surface area contributed by atoms with Gasteiger partial charge in [-0.25, -0.2) is 8.42 Å². The highest BCUT2D eigenvalue weighted by molar-refractivity contribution is 7.89. The van der Waals surface area contributed by atoms with Crippen LogP contribution in [0.4, 0.5) is 0 Å². The van der Waals surface area contributed by atoms with Gasteiger partial charge in [0, 0.05) is 19.6 Å². The van der Waals surface area contributed by atoms with Gasteiger partial charge in [-0.2, -0.15) is 4.31 Å². The lowest BCUT2D eigenvalue weighted by Gasteiger charge is -2.21. The maximum atomic E-state index is 12.8. The minimum atomic E-state index is -3.36. The Labute approximate surface area is 135 Å². The Morgan fingerprint density at radius 1 is 1.05 bits per heavy atom. The second-order valence-corrected chi connectivity index (χ2v) is 8.01. The molecule has 0 amide bonds. The molecule has 0 aliphatic carbocycles. The number of benzene rings is 1. The summed E-state index contributed by atoms with van der Waals surface area (Å²) in [6.45, 7) is 10.4. The van der Waals surface area contributed by atoms with Gasteiger partial charge in [-0.05, 0) is 49.5 Å². The van der Waals surface area contributed by atoms with E-state index in [1.165, 1.54) is 5.56 Å². The lowest BCUT2D eigenvalue weighted by atomic mass is 9.99. The lowest BCUT2D eigenvalue weighted by Crippen LogP contribution is -2.35. The molecule has 0 aromatic heterocycles. The third kappa shape index (κ3) is 3.89. The van der Waals surface area contributed by atoms with Crippen molar-refractivity contribution in [3.8, 4) is 0 Å². The Morgan fingerprint density at radius 3 is 2.32 bits per heavy atom. The fraction of sp³-hybridized carbons (Fsp3) is 0.647. The molecular formula is C17H28N2O2S. The predicted molar refractivity (Wildman–Crippen MR) is 90.6 cm³/mol. The molecule has 4 nitrogen and oxygen atoms in total. The largest absolute Gasteiger partial charge is 0.302 e. The smallest absolute Gasteiger partial charge is 0.243 e. The van der Waals surface area contributed by atoms with Crippen LogP contribution in [0.25, 0.3) is 0 Å². The monoisotopic (exact) mass is 324 g/mol. The highest BCUT2D eigenvalue weighted by Crippen LogP contribution is 2.23. The molecule has 5 heteroatoms. The summed E-state index contributed by atoms with van der Waals surface area (Å²) in [5, 5.41) is 0. The van der Waals surface area contributed by atoms with Crippen molar-refractivity contribution in [2.75, 3.05) is 32.7 Å². The van der Waals surface area contributed by atoms with E-state index in [0.29, 0.717) is 23.9 Å². The first-order valence-corrected chi connectivity index (χ1v) is 9.75. The van der Waals surface area contributed by atoms with E-state index in [2.05, 4.69) is 25.7 Å². The van der Waals surface area contributed by atoms with Crippen LogP contribution in [0.2, 0.25) is 0 Å². The van der Waals surface area contributed by atoms with Gasteiger partial charge in [-0.1, -0.05) is 32.9 Å². The van der Waals surface area contributed by atoms with Gasteiger partial charge in [0.25, 0.3) is 0 Å². The zero-order valence-electron chi connectivity index (χ0n) is 14.0.